The van der Waals surface area contributed by atoms with E-state index in [1.807, 2.05) is 0 Å². The van der Waals surface area contributed by atoms with E-state index in [9.17, 15) is 0 Å². The molecule has 120 valence electrons. The third-order valence-electron chi connectivity index (χ3n) is 3.33. The first-order valence-corrected chi connectivity index (χ1v) is 8.46. The zero-order valence-corrected chi connectivity index (χ0v) is 15.0. The fourth-order valence-electron chi connectivity index (χ4n) is 2.19. The second-order valence-corrected chi connectivity index (χ2v) is 6.52. The summed E-state index contributed by atoms with van der Waals surface area (Å²) in [6, 6.07) is 8.46. The van der Waals surface area contributed by atoms with Crippen molar-refractivity contribution in [3.63, 3.8) is 0 Å². The first-order chi connectivity index (χ1) is 10.1. The Morgan fingerprint density at radius 3 is 2.52 bits per heavy atom. The lowest BCUT2D eigenvalue weighted by Gasteiger charge is -2.20. The van der Waals surface area contributed by atoms with Crippen molar-refractivity contribution in [1.82, 2.24) is 5.32 Å². The maximum atomic E-state index is 5.63. The van der Waals surface area contributed by atoms with E-state index >= 15 is 0 Å². The summed E-state index contributed by atoms with van der Waals surface area (Å²) in [7, 11) is 1.70. The van der Waals surface area contributed by atoms with Gasteiger partial charge in [0.15, 0.2) is 0 Å². The maximum absolute atomic E-state index is 5.63. The minimum Gasteiger partial charge on any atom is -0.382 e. The van der Waals surface area contributed by atoms with E-state index in [1.165, 1.54) is 10.0 Å². The number of methoxy groups -OCH3 is 1. The largest absolute Gasteiger partial charge is 0.382 e. The third-order valence-corrected chi connectivity index (χ3v) is 4.05. The van der Waals surface area contributed by atoms with Gasteiger partial charge >= 0.3 is 0 Å². The van der Waals surface area contributed by atoms with E-state index < -0.39 is 0 Å². The number of benzene rings is 1. The van der Waals surface area contributed by atoms with Gasteiger partial charge in [-0.05, 0) is 36.4 Å². The molecule has 1 N–H and O–H groups in total. The Morgan fingerprint density at radius 2 is 1.86 bits per heavy atom. The van der Waals surface area contributed by atoms with E-state index in [-0.39, 0.29) is 0 Å². The van der Waals surface area contributed by atoms with Crippen molar-refractivity contribution in [3.05, 3.63) is 34.3 Å². The molecule has 21 heavy (non-hydrogen) atoms. The molecule has 0 saturated heterocycles. The number of hydrogen-bond donors (Lipinski definition) is 1. The van der Waals surface area contributed by atoms with Gasteiger partial charge in [-0.15, -0.1) is 0 Å². The molecule has 0 spiro atoms. The quantitative estimate of drug-likeness (QED) is 0.610. The standard InChI is InChI=1S/C17H28BrNO2/c1-14(2)12-19-13-15(8-9-21-11-10-20-3)16-6-4-5-7-17(16)18/h4-7,14-15,19H,8-13H2,1-3H3. The van der Waals surface area contributed by atoms with Gasteiger partial charge < -0.3 is 14.8 Å². The van der Waals surface area contributed by atoms with Gasteiger partial charge in [0.05, 0.1) is 13.2 Å². The van der Waals surface area contributed by atoms with Gasteiger partial charge in [-0.1, -0.05) is 48.0 Å². The predicted octanol–water partition coefficient (Wildman–Crippen LogP) is 3.83. The van der Waals surface area contributed by atoms with Crippen LogP contribution >= 0.6 is 15.9 Å². The lowest BCUT2D eigenvalue weighted by atomic mass is 9.96. The third kappa shape index (κ3) is 7.96. The summed E-state index contributed by atoms with van der Waals surface area (Å²) in [4.78, 5) is 0. The molecule has 1 rings (SSSR count). The van der Waals surface area contributed by atoms with Crippen LogP contribution < -0.4 is 5.32 Å². The monoisotopic (exact) mass is 357 g/mol. The highest BCUT2D eigenvalue weighted by Gasteiger charge is 2.14. The molecule has 0 aliphatic heterocycles. The van der Waals surface area contributed by atoms with E-state index in [4.69, 9.17) is 9.47 Å². The van der Waals surface area contributed by atoms with Crippen LogP contribution in [0.3, 0.4) is 0 Å². The first-order valence-electron chi connectivity index (χ1n) is 7.67. The summed E-state index contributed by atoms with van der Waals surface area (Å²) in [5.41, 5.74) is 1.35. The Hall–Kier alpha value is -0.420. The molecule has 1 aromatic rings. The van der Waals surface area contributed by atoms with Crippen LogP contribution in [-0.4, -0.2) is 40.0 Å². The molecule has 1 atom stereocenters. The summed E-state index contributed by atoms with van der Waals surface area (Å²) in [6.45, 7) is 8.57. The molecular formula is C17H28BrNO2. The lowest BCUT2D eigenvalue weighted by Crippen LogP contribution is -2.26. The predicted molar refractivity (Wildman–Crippen MR) is 91.9 cm³/mol. The molecule has 1 unspecified atom stereocenters. The maximum Gasteiger partial charge on any atom is 0.0700 e. The highest BCUT2D eigenvalue weighted by atomic mass is 79.9. The summed E-state index contributed by atoms with van der Waals surface area (Å²) in [6.07, 6.45) is 1.01. The first kappa shape index (κ1) is 18.6. The smallest absolute Gasteiger partial charge is 0.0700 e. The topological polar surface area (TPSA) is 30.5 Å². The van der Waals surface area contributed by atoms with Crippen LogP contribution in [0.1, 0.15) is 31.7 Å². The molecule has 0 aliphatic carbocycles. The van der Waals surface area contributed by atoms with Crippen LogP contribution in [0.4, 0.5) is 0 Å². The number of ether oxygens (including phenoxy) is 2. The molecule has 0 bridgehead atoms. The Morgan fingerprint density at radius 1 is 1.10 bits per heavy atom. The number of nitrogens with one attached hydrogen (secondary N) is 1. The van der Waals surface area contributed by atoms with Gasteiger partial charge in [0.1, 0.15) is 0 Å². The van der Waals surface area contributed by atoms with Crippen molar-refractivity contribution in [3.8, 4) is 0 Å². The molecule has 0 amide bonds. The minimum atomic E-state index is 0.460. The second-order valence-electron chi connectivity index (χ2n) is 5.66. The molecule has 0 radical (unpaired) electrons. The average molecular weight is 358 g/mol. The van der Waals surface area contributed by atoms with Crippen molar-refractivity contribution in [1.29, 1.82) is 0 Å². The average Bonchev–Trinajstić information content (AvgIpc) is 2.45. The van der Waals surface area contributed by atoms with E-state index in [1.54, 1.807) is 7.11 Å². The summed E-state index contributed by atoms with van der Waals surface area (Å²) in [5.74, 6) is 1.13. The fourth-order valence-corrected chi connectivity index (χ4v) is 2.80. The van der Waals surface area contributed by atoms with Gasteiger partial charge in [-0.2, -0.15) is 0 Å². The number of hydrogen-bond acceptors (Lipinski definition) is 3. The SMILES string of the molecule is COCCOCCC(CNCC(C)C)c1ccccc1Br. The van der Waals surface area contributed by atoms with E-state index in [0.717, 1.165) is 26.1 Å². The summed E-state index contributed by atoms with van der Waals surface area (Å²) < 4.78 is 11.8. The van der Waals surface area contributed by atoms with Gasteiger partial charge in [-0.25, -0.2) is 0 Å². The second kappa shape index (κ2) is 11.2. The van der Waals surface area contributed by atoms with Crippen LogP contribution in [0.15, 0.2) is 28.7 Å². The van der Waals surface area contributed by atoms with E-state index in [2.05, 4.69) is 59.4 Å². The molecule has 0 fully saturated rings. The highest BCUT2D eigenvalue weighted by Crippen LogP contribution is 2.27. The zero-order valence-electron chi connectivity index (χ0n) is 13.4. The highest BCUT2D eigenvalue weighted by molar-refractivity contribution is 9.10. The molecule has 0 aliphatic rings. The Labute approximate surface area is 137 Å². The lowest BCUT2D eigenvalue weighted by molar-refractivity contribution is 0.0669. The molecule has 0 aromatic heterocycles. The Kier molecular flexibility index (Phi) is 9.92. The number of halogens is 1. The minimum absolute atomic E-state index is 0.460. The van der Waals surface area contributed by atoms with Crippen LogP contribution in [0.5, 0.6) is 0 Å². The van der Waals surface area contributed by atoms with Gasteiger partial charge in [-0.3, -0.25) is 0 Å². The van der Waals surface area contributed by atoms with Crippen LogP contribution in [0.2, 0.25) is 0 Å². The Balaban J connectivity index is 2.51. The number of rotatable bonds is 11. The van der Waals surface area contributed by atoms with Gasteiger partial charge in [0.2, 0.25) is 0 Å². The van der Waals surface area contributed by atoms with Crippen molar-refractivity contribution in [2.75, 3.05) is 40.0 Å². The van der Waals surface area contributed by atoms with Gasteiger partial charge in [0.25, 0.3) is 0 Å². The van der Waals surface area contributed by atoms with Crippen LogP contribution in [-0.2, 0) is 9.47 Å². The van der Waals surface area contributed by atoms with Crippen LogP contribution in [0.25, 0.3) is 0 Å². The molecule has 0 heterocycles. The van der Waals surface area contributed by atoms with Crippen molar-refractivity contribution in [2.24, 2.45) is 5.92 Å². The van der Waals surface area contributed by atoms with Crippen molar-refractivity contribution >= 4 is 15.9 Å². The zero-order chi connectivity index (χ0) is 15.5. The van der Waals surface area contributed by atoms with Crippen molar-refractivity contribution in [2.45, 2.75) is 26.2 Å². The normalized spacial score (nSPS) is 12.8. The fraction of sp³-hybridized carbons (Fsp3) is 0.647. The van der Waals surface area contributed by atoms with Gasteiger partial charge in [0, 0.05) is 24.7 Å². The summed E-state index contributed by atoms with van der Waals surface area (Å²) >= 11 is 3.66. The van der Waals surface area contributed by atoms with Crippen molar-refractivity contribution < 1.29 is 9.47 Å². The molecule has 3 nitrogen and oxygen atoms in total. The Bertz CT molecular complexity index is 385. The van der Waals surface area contributed by atoms with Crippen LogP contribution in [0, 0.1) is 5.92 Å². The molecule has 1 aromatic carbocycles. The summed E-state index contributed by atoms with van der Waals surface area (Å²) in [5, 5.41) is 3.56. The molecular weight excluding hydrogens is 330 g/mol. The molecule has 4 heteroatoms. The van der Waals surface area contributed by atoms with E-state index in [0.29, 0.717) is 25.0 Å². The molecule has 0 saturated carbocycles.